The molecule has 19 heavy (non-hydrogen) atoms. The molecular weight excluding hydrogens is 304 g/mol. The Morgan fingerprint density at radius 2 is 1.84 bits per heavy atom. The highest BCUT2D eigenvalue weighted by molar-refractivity contribution is 9.09. The van der Waals surface area contributed by atoms with Crippen molar-refractivity contribution in [3.63, 3.8) is 0 Å². The number of carbonyl (C=O) groups is 1. The minimum Gasteiger partial charge on any atom is -0.341 e. The van der Waals surface area contributed by atoms with Gasteiger partial charge in [-0.15, -0.1) is 0 Å². The highest BCUT2D eigenvalue weighted by Crippen LogP contribution is 2.09. The van der Waals surface area contributed by atoms with E-state index >= 15 is 0 Å². The molecule has 4 heteroatoms. The van der Waals surface area contributed by atoms with Gasteiger partial charge in [0.1, 0.15) is 0 Å². The van der Waals surface area contributed by atoms with Crippen molar-refractivity contribution in [3.8, 4) is 0 Å². The Kier molecular flexibility index (Phi) is 9.52. The molecule has 1 aliphatic heterocycles. The average Bonchev–Trinajstić information content (AvgIpc) is 2.64. The van der Waals surface area contributed by atoms with E-state index in [4.69, 9.17) is 0 Å². The smallest absolute Gasteiger partial charge is 0.222 e. The van der Waals surface area contributed by atoms with Gasteiger partial charge in [0.25, 0.3) is 0 Å². The van der Waals surface area contributed by atoms with Crippen molar-refractivity contribution in [2.24, 2.45) is 0 Å². The van der Waals surface area contributed by atoms with Gasteiger partial charge < -0.3 is 9.80 Å². The summed E-state index contributed by atoms with van der Waals surface area (Å²) in [4.78, 5) is 16.7. The number of rotatable bonds is 8. The summed E-state index contributed by atoms with van der Waals surface area (Å²) < 4.78 is 0. The number of unbranched alkanes of at least 4 members (excludes halogenated alkanes) is 4. The molecule has 1 aliphatic rings. The molecule has 1 rings (SSSR count). The maximum Gasteiger partial charge on any atom is 0.222 e. The molecule has 0 saturated carbocycles. The molecule has 1 saturated heterocycles. The van der Waals surface area contributed by atoms with Crippen LogP contribution in [0.25, 0.3) is 0 Å². The van der Waals surface area contributed by atoms with E-state index in [2.05, 4.69) is 32.7 Å². The van der Waals surface area contributed by atoms with E-state index in [1.807, 2.05) is 0 Å². The minimum atomic E-state index is 0.372. The molecule has 0 aromatic heterocycles. The van der Waals surface area contributed by atoms with Crippen LogP contribution in [0, 0.1) is 0 Å². The van der Waals surface area contributed by atoms with Crippen LogP contribution in [0.2, 0.25) is 0 Å². The van der Waals surface area contributed by atoms with Crippen molar-refractivity contribution in [1.82, 2.24) is 9.80 Å². The summed E-state index contributed by atoms with van der Waals surface area (Å²) in [6.07, 6.45) is 8.01. The Morgan fingerprint density at radius 1 is 1.05 bits per heavy atom. The third-order valence-corrected chi connectivity index (χ3v) is 4.19. The van der Waals surface area contributed by atoms with Gasteiger partial charge in [0, 0.05) is 37.9 Å². The number of nitrogens with zero attached hydrogens (tertiary/aromatic N) is 2. The minimum absolute atomic E-state index is 0.372. The van der Waals surface area contributed by atoms with Crippen LogP contribution in [-0.4, -0.2) is 53.8 Å². The third kappa shape index (κ3) is 7.31. The fourth-order valence-corrected chi connectivity index (χ4v) is 3.10. The first-order valence-electron chi connectivity index (χ1n) is 7.84. The zero-order valence-corrected chi connectivity index (χ0v) is 14.0. The number of alkyl halides is 1. The molecule has 0 spiro atoms. The van der Waals surface area contributed by atoms with Gasteiger partial charge in [-0.05, 0) is 19.4 Å². The Hall–Kier alpha value is -0.0900. The Labute approximate surface area is 126 Å². The quantitative estimate of drug-likeness (QED) is 0.503. The molecule has 0 N–H and O–H groups in total. The second-order valence-corrected chi connectivity index (χ2v) is 6.22. The Balaban J connectivity index is 2.17. The molecule has 1 amide bonds. The molecule has 0 radical (unpaired) electrons. The Morgan fingerprint density at radius 3 is 2.58 bits per heavy atom. The molecule has 0 aromatic carbocycles. The topological polar surface area (TPSA) is 23.6 Å². The molecule has 0 unspecified atom stereocenters. The highest BCUT2D eigenvalue weighted by atomic mass is 79.9. The lowest BCUT2D eigenvalue weighted by atomic mass is 10.1. The summed E-state index contributed by atoms with van der Waals surface area (Å²) in [5.74, 6) is 0.372. The maximum absolute atomic E-state index is 12.1. The average molecular weight is 333 g/mol. The SMILES string of the molecule is CCCCCCCC(=O)N1CCCN(CCBr)CC1. The normalized spacial score (nSPS) is 17.5. The van der Waals surface area contributed by atoms with Crippen molar-refractivity contribution in [2.75, 3.05) is 38.1 Å². The van der Waals surface area contributed by atoms with Crippen LogP contribution in [0.3, 0.4) is 0 Å². The van der Waals surface area contributed by atoms with Gasteiger partial charge in [-0.25, -0.2) is 0 Å². The van der Waals surface area contributed by atoms with E-state index in [1.54, 1.807) is 0 Å². The van der Waals surface area contributed by atoms with Crippen LogP contribution >= 0.6 is 15.9 Å². The van der Waals surface area contributed by atoms with Crippen LogP contribution in [-0.2, 0) is 4.79 Å². The Bertz CT molecular complexity index is 248. The van der Waals surface area contributed by atoms with Crippen molar-refractivity contribution < 1.29 is 4.79 Å². The molecule has 0 aliphatic carbocycles. The van der Waals surface area contributed by atoms with Gasteiger partial charge >= 0.3 is 0 Å². The zero-order chi connectivity index (χ0) is 13.9. The lowest BCUT2D eigenvalue weighted by Gasteiger charge is -2.21. The van der Waals surface area contributed by atoms with Gasteiger partial charge in [-0.2, -0.15) is 0 Å². The lowest BCUT2D eigenvalue weighted by molar-refractivity contribution is -0.131. The number of amides is 1. The monoisotopic (exact) mass is 332 g/mol. The summed E-state index contributed by atoms with van der Waals surface area (Å²) >= 11 is 3.49. The standard InChI is InChI=1S/C15H29BrN2O/c1-2-3-4-5-6-8-15(19)18-11-7-10-17(12-9-16)13-14-18/h2-14H2,1H3. The maximum atomic E-state index is 12.1. The van der Waals surface area contributed by atoms with Gasteiger partial charge in [0.05, 0.1) is 0 Å². The van der Waals surface area contributed by atoms with Crippen LogP contribution in [0.4, 0.5) is 0 Å². The highest BCUT2D eigenvalue weighted by Gasteiger charge is 2.18. The van der Waals surface area contributed by atoms with E-state index in [1.165, 1.54) is 25.7 Å². The first kappa shape index (κ1) is 17.0. The third-order valence-electron chi connectivity index (χ3n) is 3.84. The molecular formula is C15H29BrN2O. The number of hydrogen-bond donors (Lipinski definition) is 0. The largest absolute Gasteiger partial charge is 0.341 e. The van der Waals surface area contributed by atoms with E-state index in [0.717, 1.165) is 57.3 Å². The van der Waals surface area contributed by atoms with Gasteiger partial charge in [0.15, 0.2) is 0 Å². The fraction of sp³-hybridized carbons (Fsp3) is 0.933. The summed E-state index contributed by atoms with van der Waals surface area (Å²) in [6.45, 7) is 7.35. The van der Waals surface area contributed by atoms with Crippen molar-refractivity contribution >= 4 is 21.8 Å². The molecule has 1 fully saturated rings. The lowest BCUT2D eigenvalue weighted by Crippen LogP contribution is -2.35. The fourth-order valence-electron chi connectivity index (χ4n) is 2.60. The van der Waals surface area contributed by atoms with Gasteiger partial charge in [0.2, 0.25) is 5.91 Å². The van der Waals surface area contributed by atoms with Crippen LogP contribution < -0.4 is 0 Å². The summed E-state index contributed by atoms with van der Waals surface area (Å²) in [7, 11) is 0. The molecule has 3 nitrogen and oxygen atoms in total. The van der Waals surface area contributed by atoms with E-state index in [9.17, 15) is 4.79 Å². The van der Waals surface area contributed by atoms with Crippen LogP contribution in [0.1, 0.15) is 51.9 Å². The summed E-state index contributed by atoms with van der Waals surface area (Å²) in [5.41, 5.74) is 0. The molecule has 1 heterocycles. The first-order valence-corrected chi connectivity index (χ1v) is 8.96. The van der Waals surface area contributed by atoms with Gasteiger partial charge in [-0.1, -0.05) is 48.5 Å². The van der Waals surface area contributed by atoms with E-state index < -0.39 is 0 Å². The van der Waals surface area contributed by atoms with Gasteiger partial charge in [-0.3, -0.25) is 4.79 Å². The zero-order valence-electron chi connectivity index (χ0n) is 12.4. The second-order valence-electron chi connectivity index (χ2n) is 5.43. The van der Waals surface area contributed by atoms with E-state index in [0.29, 0.717) is 5.91 Å². The predicted octanol–water partition coefficient (Wildman–Crippen LogP) is 3.28. The molecule has 112 valence electrons. The number of halogens is 1. The molecule has 0 atom stereocenters. The second kappa shape index (κ2) is 10.7. The first-order chi connectivity index (χ1) is 9.27. The summed E-state index contributed by atoms with van der Waals surface area (Å²) in [5, 5.41) is 1.03. The van der Waals surface area contributed by atoms with Crippen molar-refractivity contribution in [1.29, 1.82) is 0 Å². The number of hydrogen-bond acceptors (Lipinski definition) is 2. The molecule has 0 aromatic rings. The van der Waals surface area contributed by atoms with Crippen molar-refractivity contribution in [2.45, 2.75) is 51.9 Å². The van der Waals surface area contributed by atoms with Crippen LogP contribution in [0.15, 0.2) is 0 Å². The van der Waals surface area contributed by atoms with Crippen molar-refractivity contribution in [3.05, 3.63) is 0 Å². The van der Waals surface area contributed by atoms with E-state index in [-0.39, 0.29) is 0 Å². The summed E-state index contributed by atoms with van der Waals surface area (Å²) in [6, 6.07) is 0. The van der Waals surface area contributed by atoms with Crippen LogP contribution in [0.5, 0.6) is 0 Å². The molecule has 0 bridgehead atoms. The predicted molar refractivity (Wildman–Crippen MR) is 84.8 cm³/mol. The number of carbonyl (C=O) groups excluding carboxylic acids is 1.